The van der Waals surface area contributed by atoms with E-state index in [0.717, 1.165) is 10.2 Å². The lowest BCUT2D eigenvalue weighted by molar-refractivity contribution is 1.30. The molecule has 148 valence electrons. The molecule has 0 fully saturated rings. The van der Waals surface area contributed by atoms with Gasteiger partial charge in [-0.05, 0) is 47.9 Å². The van der Waals surface area contributed by atoms with Gasteiger partial charge in [-0.2, -0.15) is 0 Å². The summed E-state index contributed by atoms with van der Waals surface area (Å²) in [6, 6.07) is 39.1. The van der Waals surface area contributed by atoms with Gasteiger partial charge in [-0.3, -0.25) is 0 Å². The minimum atomic E-state index is 1.12. The van der Waals surface area contributed by atoms with Crippen LogP contribution in [0.2, 0.25) is 0 Å². The van der Waals surface area contributed by atoms with Crippen molar-refractivity contribution in [2.45, 2.75) is 0 Å². The summed E-state index contributed by atoms with van der Waals surface area (Å²) in [5.41, 5.74) is 3.51. The fourth-order valence-electron chi connectivity index (χ4n) is 4.29. The number of benzene rings is 5. The zero-order valence-electron chi connectivity index (χ0n) is 16.6. The number of para-hydroxylation sites is 1. The quantitative estimate of drug-likeness (QED) is 0.244. The molecule has 6 aromatic rings. The first-order valence-corrected chi connectivity index (χ1v) is 11.8. The maximum absolute atomic E-state index is 3.61. The smallest absolute Gasteiger partial charge is 0.0540 e. The highest BCUT2D eigenvalue weighted by Gasteiger charge is 2.16. The summed E-state index contributed by atoms with van der Waals surface area (Å²) in [6.07, 6.45) is 0. The van der Waals surface area contributed by atoms with Gasteiger partial charge in [0.25, 0.3) is 0 Å². The van der Waals surface area contributed by atoms with Gasteiger partial charge in [0.1, 0.15) is 0 Å². The van der Waals surface area contributed by atoms with Crippen molar-refractivity contribution in [3.05, 3.63) is 114 Å². The van der Waals surface area contributed by atoms with Crippen LogP contribution < -0.4 is 4.90 Å². The Morgan fingerprint density at radius 3 is 2.13 bits per heavy atom. The van der Waals surface area contributed by atoms with Gasteiger partial charge in [0.2, 0.25) is 0 Å². The van der Waals surface area contributed by atoms with Crippen LogP contribution in [0.1, 0.15) is 0 Å². The van der Waals surface area contributed by atoms with Crippen molar-refractivity contribution in [2.75, 3.05) is 4.90 Å². The molecule has 31 heavy (non-hydrogen) atoms. The van der Waals surface area contributed by atoms with Gasteiger partial charge in [0.15, 0.2) is 0 Å². The average Bonchev–Trinajstić information content (AvgIpc) is 3.17. The molecule has 0 amide bonds. The number of halogens is 1. The molecule has 0 aliphatic rings. The van der Waals surface area contributed by atoms with Gasteiger partial charge in [0, 0.05) is 41.4 Å². The maximum atomic E-state index is 3.61. The SMILES string of the molecule is Brc1ccc2c(c1)sc1cc(N(c3ccccc3)c3cccc4ccccc34)ccc12. The molecule has 5 aromatic carbocycles. The fourth-order valence-corrected chi connectivity index (χ4v) is 5.98. The van der Waals surface area contributed by atoms with Crippen molar-refractivity contribution in [3.8, 4) is 0 Å². The molecule has 1 nitrogen and oxygen atoms in total. The molecule has 0 aliphatic heterocycles. The molecule has 3 heteroatoms. The van der Waals surface area contributed by atoms with Gasteiger partial charge in [-0.15, -0.1) is 11.3 Å². The summed E-state index contributed by atoms with van der Waals surface area (Å²) in [4.78, 5) is 2.36. The molecule has 0 atom stereocenters. The summed E-state index contributed by atoms with van der Waals surface area (Å²) in [5, 5.41) is 5.11. The van der Waals surface area contributed by atoms with Gasteiger partial charge in [0.05, 0.1) is 5.69 Å². The van der Waals surface area contributed by atoms with E-state index in [-0.39, 0.29) is 0 Å². The normalized spacial score (nSPS) is 11.4. The predicted octanol–water partition coefficient (Wildman–Crippen LogP) is 9.44. The van der Waals surface area contributed by atoms with Crippen LogP contribution in [0.3, 0.4) is 0 Å². The van der Waals surface area contributed by atoms with Crippen LogP contribution in [0, 0.1) is 0 Å². The Morgan fingerprint density at radius 1 is 0.548 bits per heavy atom. The second-order valence-corrected chi connectivity index (χ2v) is 9.59. The first-order chi connectivity index (χ1) is 15.3. The van der Waals surface area contributed by atoms with E-state index >= 15 is 0 Å². The predicted molar refractivity (Wildman–Crippen MR) is 139 cm³/mol. The van der Waals surface area contributed by atoms with Crippen LogP contribution in [0.25, 0.3) is 30.9 Å². The summed E-state index contributed by atoms with van der Waals surface area (Å²) in [7, 11) is 0. The molecule has 0 unspecified atom stereocenters. The average molecular weight is 480 g/mol. The van der Waals surface area contributed by atoms with Crippen molar-refractivity contribution in [1.29, 1.82) is 0 Å². The third-order valence-corrected chi connectivity index (χ3v) is 7.31. The summed E-state index contributed by atoms with van der Waals surface area (Å²) >= 11 is 5.45. The molecule has 1 aromatic heterocycles. The minimum absolute atomic E-state index is 1.12. The van der Waals surface area contributed by atoms with Crippen LogP contribution in [-0.2, 0) is 0 Å². The van der Waals surface area contributed by atoms with E-state index in [9.17, 15) is 0 Å². The highest BCUT2D eigenvalue weighted by Crippen LogP contribution is 2.42. The van der Waals surface area contributed by atoms with Crippen LogP contribution in [0.5, 0.6) is 0 Å². The fraction of sp³-hybridized carbons (Fsp3) is 0. The molecule has 0 spiro atoms. The van der Waals surface area contributed by atoms with E-state index in [0.29, 0.717) is 0 Å². The van der Waals surface area contributed by atoms with Gasteiger partial charge in [-0.25, -0.2) is 0 Å². The molecule has 6 rings (SSSR count). The summed E-state index contributed by atoms with van der Waals surface area (Å²) in [5.74, 6) is 0. The maximum Gasteiger partial charge on any atom is 0.0540 e. The number of anilines is 3. The van der Waals surface area contributed by atoms with E-state index in [4.69, 9.17) is 0 Å². The monoisotopic (exact) mass is 479 g/mol. The van der Waals surface area contributed by atoms with Crippen molar-refractivity contribution in [3.63, 3.8) is 0 Å². The Balaban J connectivity index is 1.61. The van der Waals surface area contributed by atoms with Gasteiger partial charge < -0.3 is 4.90 Å². The Labute approximate surface area is 193 Å². The zero-order valence-corrected chi connectivity index (χ0v) is 19.0. The molecular formula is C28H18BrNS. The van der Waals surface area contributed by atoms with Gasteiger partial charge in [-0.1, -0.05) is 82.7 Å². The van der Waals surface area contributed by atoms with Crippen molar-refractivity contribution in [2.24, 2.45) is 0 Å². The molecule has 0 saturated carbocycles. The second-order valence-electron chi connectivity index (χ2n) is 7.59. The van der Waals surface area contributed by atoms with E-state index in [1.807, 2.05) is 11.3 Å². The lowest BCUT2D eigenvalue weighted by Crippen LogP contribution is -2.10. The van der Waals surface area contributed by atoms with Crippen molar-refractivity contribution < 1.29 is 0 Å². The topological polar surface area (TPSA) is 3.24 Å². The van der Waals surface area contributed by atoms with E-state index in [1.54, 1.807) is 0 Å². The molecule has 0 radical (unpaired) electrons. The number of hydrogen-bond acceptors (Lipinski definition) is 2. The molecular weight excluding hydrogens is 462 g/mol. The third kappa shape index (κ3) is 3.21. The Bertz CT molecular complexity index is 1550. The number of rotatable bonds is 3. The largest absolute Gasteiger partial charge is 0.310 e. The van der Waals surface area contributed by atoms with E-state index in [1.165, 1.54) is 42.3 Å². The van der Waals surface area contributed by atoms with Crippen molar-refractivity contribution >= 4 is 75.3 Å². The minimum Gasteiger partial charge on any atom is -0.310 e. The van der Waals surface area contributed by atoms with Gasteiger partial charge >= 0.3 is 0 Å². The van der Waals surface area contributed by atoms with Crippen LogP contribution in [0.4, 0.5) is 17.1 Å². The van der Waals surface area contributed by atoms with E-state index in [2.05, 4.69) is 130 Å². The highest BCUT2D eigenvalue weighted by atomic mass is 79.9. The van der Waals surface area contributed by atoms with Crippen molar-refractivity contribution in [1.82, 2.24) is 0 Å². The van der Waals surface area contributed by atoms with Crippen LogP contribution in [0.15, 0.2) is 114 Å². The Kier molecular flexibility index (Phi) is 4.52. The molecule has 1 heterocycles. The zero-order chi connectivity index (χ0) is 20.8. The number of thiophene rings is 1. The summed E-state index contributed by atoms with van der Waals surface area (Å²) in [6.45, 7) is 0. The molecule has 0 N–H and O–H groups in total. The number of hydrogen-bond donors (Lipinski definition) is 0. The second kappa shape index (κ2) is 7.52. The first-order valence-electron chi connectivity index (χ1n) is 10.2. The van der Waals surface area contributed by atoms with Crippen LogP contribution in [-0.4, -0.2) is 0 Å². The first kappa shape index (κ1) is 18.6. The standard InChI is InChI=1S/C28H18BrNS/c29-20-13-15-24-25-16-14-22(18-28(25)31-27(24)17-20)30(21-9-2-1-3-10-21)26-12-6-8-19-7-4-5-11-23(19)26/h1-18H. The lowest BCUT2D eigenvalue weighted by atomic mass is 10.1. The summed E-state index contributed by atoms with van der Waals surface area (Å²) < 4.78 is 3.72. The Hall–Kier alpha value is -3.14. The molecule has 0 bridgehead atoms. The Morgan fingerprint density at radius 2 is 1.26 bits per heavy atom. The molecule has 0 aliphatic carbocycles. The van der Waals surface area contributed by atoms with Crippen LogP contribution >= 0.6 is 27.3 Å². The third-order valence-electron chi connectivity index (χ3n) is 5.70. The van der Waals surface area contributed by atoms with E-state index < -0.39 is 0 Å². The molecule has 0 saturated heterocycles. The highest BCUT2D eigenvalue weighted by molar-refractivity contribution is 9.10. The number of fused-ring (bicyclic) bond motifs is 4. The lowest BCUT2D eigenvalue weighted by Gasteiger charge is -2.27. The number of nitrogens with zero attached hydrogens (tertiary/aromatic N) is 1.